The summed E-state index contributed by atoms with van der Waals surface area (Å²) in [5, 5.41) is 49.4. The van der Waals surface area contributed by atoms with Gasteiger partial charge in [-0.1, -0.05) is 35.9 Å². The molecule has 1 saturated heterocycles. The van der Waals surface area contributed by atoms with Gasteiger partial charge in [0.2, 0.25) is 0 Å². The Morgan fingerprint density at radius 2 is 1.44 bits per heavy atom. The molecule has 1 aliphatic heterocycles. The molecule has 0 spiro atoms. The Kier molecular flexibility index (Phi) is 7.81. The van der Waals surface area contributed by atoms with Crippen molar-refractivity contribution < 1.29 is 49.3 Å². The lowest BCUT2D eigenvalue weighted by Crippen LogP contribution is -2.60. The second kappa shape index (κ2) is 10.3. The van der Waals surface area contributed by atoms with Gasteiger partial charge in [0.1, 0.15) is 30.2 Å². The maximum absolute atomic E-state index is 11.4. The molecule has 0 saturated carbocycles. The minimum Gasteiger partial charge on any atom is -0.479 e. The van der Waals surface area contributed by atoms with Gasteiger partial charge < -0.3 is 39.7 Å². The number of carboxylic acid groups (broad SMARTS) is 2. The van der Waals surface area contributed by atoms with E-state index in [2.05, 4.69) is 0 Å². The summed E-state index contributed by atoms with van der Waals surface area (Å²) in [6.07, 6.45) is -9.74. The standard InChI is InChI=1S/C23H25ClO10/c1-23(2,22(30)31)34-14-9-5-12(6-10-14)18(11-3-7-13(24)8-4-11)32-21-17(27)15(25)16(26)19(33-21)20(28)29/h3-10,15-19,21,25-27H,1-2H3,(H,28,29)(H,30,31)/t15-,16+,17-,18+,19-,21-/m0/s1. The van der Waals surface area contributed by atoms with Crippen molar-refractivity contribution in [3.8, 4) is 5.75 Å². The lowest BCUT2D eigenvalue weighted by molar-refractivity contribution is -0.302. The number of rotatable bonds is 8. The van der Waals surface area contributed by atoms with Gasteiger partial charge in [-0.15, -0.1) is 0 Å². The molecular formula is C23H25ClO10. The van der Waals surface area contributed by atoms with Crippen molar-refractivity contribution in [2.24, 2.45) is 0 Å². The van der Waals surface area contributed by atoms with Crippen molar-refractivity contribution in [1.29, 1.82) is 0 Å². The van der Waals surface area contributed by atoms with E-state index in [9.17, 15) is 35.1 Å². The first-order chi connectivity index (χ1) is 15.9. The van der Waals surface area contributed by atoms with Crippen LogP contribution in [0.1, 0.15) is 31.1 Å². The summed E-state index contributed by atoms with van der Waals surface area (Å²) in [4.78, 5) is 22.7. The SMILES string of the molecule is CC(C)(Oc1ccc([C@H](O[C@H]2O[C@H](C(=O)O)[C@H](O)[C@H](O)[C@@H]2O)c2ccc(Cl)cc2)cc1)C(=O)O. The zero-order valence-electron chi connectivity index (χ0n) is 18.2. The normalized spacial score (nSPS) is 26.0. The van der Waals surface area contributed by atoms with Crippen LogP contribution in [0, 0.1) is 0 Å². The zero-order valence-corrected chi connectivity index (χ0v) is 19.0. The van der Waals surface area contributed by atoms with Crippen LogP contribution in [0.2, 0.25) is 5.02 Å². The first kappa shape index (κ1) is 25.9. The number of aliphatic carboxylic acids is 2. The first-order valence-electron chi connectivity index (χ1n) is 10.3. The van der Waals surface area contributed by atoms with E-state index in [4.69, 9.17) is 25.8 Å². The van der Waals surface area contributed by atoms with Gasteiger partial charge in [-0.2, -0.15) is 0 Å². The van der Waals surface area contributed by atoms with E-state index < -0.39 is 54.3 Å². The minimum absolute atomic E-state index is 0.282. The number of benzene rings is 2. The average Bonchev–Trinajstić information content (AvgIpc) is 2.78. The molecule has 2 aromatic rings. The van der Waals surface area contributed by atoms with E-state index in [0.29, 0.717) is 16.1 Å². The van der Waals surface area contributed by atoms with E-state index in [1.54, 1.807) is 36.4 Å². The van der Waals surface area contributed by atoms with Crippen LogP contribution < -0.4 is 4.74 Å². The molecule has 5 N–H and O–H groups in total. The summed E-state index contributed by atoms with van der Waals surface area (Å²) in [6, 6.07) is 12.8. The highest BCUT2D eigenvalue weighted by Gasteiger charge is 2.48. The van der Waals surface area contributed by atoms with Crippen LogP contribution in [0.3, 0.4) is 0 Å². The smallest absolute Gasteiger partial charge is 0.347 e. The molecule has 0 unspecified atom stereocenters. The second-order valence-corrected chi connectivity index (χ2v) is 8.73. The van der Waals surface area contributed by atoms with E-state index in [-0.39, 0.29) is 5.75 Å². The molecule has 34 heavy (non-hydrogen) atoms. The Bertz CT molecular complexity index is 1010. The van der Waals surface area contributed by atoms with Crippen molar-refractivity contribution in [3.05, 3.63) is 64.7 Å². The molecule has 1 heterocycles. The molecule has 0 aliphatic carbocycles. The Hall–Kier alpha value is -2.73. The predicted molar refractivity (Wildman–Crippen MR) is 117 cm³/mol. The third-order valence-corrected chi connectivity index (χ3v) is 5.58. The number of ether oxygens (including phenoxy) is 3. The largest absolute Gasteiger partial charge is 0.479 e. The lowest BCUT2D eigenvalue weighted by Gasteiger charge is -2.40. The van der Waals surface area contributed by atoms with Crippen molar-refractivity contribution in [2.45, 2.75) is 56.3 Å². The Balaban J connectivity index is 1.91. The second-order valence-electron chi connectivity index (χ2n) is 8.29. The molecule has 184 valence electrons. The summed E-state index contributed by atoms with van der Waals surface area (Å²) < 4.78 is 16.7. The first-order valence-corrected chi connectivity index (χ1v) is 10.6. The molecule has 1 aliphatic rings. The quantitative estimate of drug-likeness (QED) is 0.362. The van der Waals surface area contributed by atoms with E-state index in [0.717, 1.165) is 0 Å². The van der Waals surface area contributed by atoms with Crippen LogP contribution >= 0.6 is 11.6 Å². The van der Waals surface area contributed by atoms with Crippen LogP contribution in [-0.4, -0.2) is 73.8 Å². The maximum Gasteiger partial charge on any atom is 0.347 e. The van der Waals surface area contributed by atoms with Crippen molar-refractivity contribution in [3.63, 3.8) is 0 Å². The number of aliphatic hydroxyl groups excluding tert-OH is 3. The van der Waals surface area contributed by atoms with Gasteiger partial charge in [0.25, 0.3) is 0 Å². The summed E-state index contributed by atoms with van der Waals surface area (Å²) in [6.45, 7) is 2.81. The van der Waals surface area contributed by atoms with Crippen LogP contribution in [0.4, 0.5) is 0 Å². The average molecular weight is 497 g/mol. The lowest BCUT2D eigenvalue weighted by atomic mass is 9.97. The molecule has 11 heteroatoms. The molecule has 0 amide bonds. The molecule has 2 aromatic carbocycles. The number of aliphatic hydroxyl groups is 3. The fourth-order valence-electron chi connectivity index (χ4n) is 3.33. The highest BCUT2D eigenvalue weighted by Crippen LogP contribution is 2.33. The Labute approximate surface area is 199 Å². The van der Waals surface area contributed by atoms with Gasteiger partial charge in [0.05, 0.1) is 0 Å². The summed E-state index contributed by atoms with van der Waals surface area (Å²) in [5.41, 5.74) is -0.380. The highest BCUT2D eigenvalue weighted by atomic mass is 35.5. The fraction of sp³-hybridized carbons (Fsp3) is 0.391. The van der Waals surface area contributed by atoms with Gasteiger partial charge in [0, 0.05) is 5.02 Å². The fourth-order valence-corrected chi connectivity index (χ4v) is 3.46. The number of carbonyl (C=O) groups is 2. The van der Waals surface area contributed by atoms with E-state index in [1.165, 1.54) is 26.0 Å². The van der Waals surface area contributed by atoms with Gasteiger partial charge in [0.15, 0.2) is 18.0 Å². The molecule has 0 radical (unpaired) electrons. The van der Waals surface area contributed by atoms with Gasteiger partial charge in [-0.25, -0.2) is 9.59 Å². The van der Waals surface area contributed by atoms with Gasteiger partial charge >= 0.3 is 11.9 Å². The summed E-state index contributed by atoms with van der Waals surface area (Å²) in [7, 11) is 0. The highest BCUT2D eigenvalue weighted by molar-refractivity contribution is 6.30. The number of carboxylic acids is 2. The van der Waals surface area contributed by atoms with Gasteiger partial charge in [-0.3, -0.25) is 0 Å². The van der Waals surface area contributed by atoms with Crippen LogP contribution in [0.5, 0.6) is 5.75 Å². The molecular weight excluding hydrogens is 472 g/mol. The van der Waals surface area contributed by atoms with Crippen molar-refractivity contribution in [2.75, 3.05) is 0 Å². The van der Waals surface area contributed by atoms with Gasteiger partial charge in [-0.05, 0) is 49.2 Å². The van der Waals surface area contributed by atoms with E-state index >= 15 is 0 Å². The zero-order chi connectivity index (χ0) is 25.2. The van der Waals surface area contributed by atoms with Crippen molar-refractivity contribution in [1.82, 2.24) is 0 Å². The molecule has 10 nitrogen and oxygen atoms in total. The summed E-state index contributed by atoms with van der Waals surface area (Å²) in [5.74, 6) is -2.39. The summed E-state index contributed by atoms with van der Waals surface area (Å²) >= 11 is 5.98. The molecule has 0 aromatic heterocycles. The number of hydrogen-bond acceptors (Lipinski definition) is 8. The Morgan fingerprint density at radius 3 is 1.94 bits per heavy atom. The number of hydrogen-bond donors (Lipinski definition) is 5. The Morgan fingerprint density at radius 1 is 0.912 bits per heavy atom. The maximum atomic E-state index is 11.4. The molecule has 3 rings (SSSR count). The van der Waals surface area contributed by atoms with E-state index in [1.807, 2.05) is 0 Å². The monoisotopic (exact) mass is 496 g/mol. The molecule has 0 bridgehead atoms. The topological polar surface area (TPSA) is 163 Å². The predicted octanol–water partition coefficient (Wildman–Crippen LogP) is 1.58. The number of halogens is 1. The van der Waals surface area contributed by atoms with Crippen LogP contribution in [-0.2, 0) is 19.1 Å². The third-order valence-electron chi connectivity index (χ3n) is 5.33. The molecule has 1 fully saturated rings. The molecule has 6 atom stereocenters. The van der Waals surface area contributed by atoms with Crippen LogP contribution in [0.15, 0.2) is 48.5 Å². The minimum atomic E-state index is -1.85. The van der Waals surface area contributed by atoms with Crippen LogP contribution in [0.25, 0.3) is 0 Å². The van der Waals surface area contributed by atoms with Crippen molar-refractivity contribution >= 4 is 23.5 Å². The third kappa shape index (κ3) is 5.66.